The van der Waals surface area contributed by atoms with Crippen LogP contribution in [0.3, 0.4) is 0 Å². The van der Waals surface area contributed by atoms with Gasteiger partial charge in [-0.3, -0.25) is 0 Å². The second-order valence-corrected chi connectivity index (χ2v) is 2.18. The summed E-state index contributed by atoms with van der Waals surface area (Å²) in [7, 11) is 0. The summed E-state index contributed by atoms with van der Waals surface area (Å²) in [5, 5.41) is 0. The molecule has 1 rings (SSSR count). The predicted octanol–water partition coefficient (Wildman–Crippen LogP) is 1.39. The van der Waals surface area contributed by atoms with Gasteiger partial charge in [-0.1, -0.05) is 30.4 Å². The van der Waals surface area contributed by atoms with Gasteiger partial charge in [0.1, 0.15) is 0 Å². The molecule has 0 aliphatic heterocycles. The van der Waals surface area contributed by atoms with Crippen LogP contribution >= 0.6 is 0 Å². The van der Waals surface area contributed by atoms with Crippen molar-refractivity contribution >= 4 is 0 Å². The van der Waals surface area contributed by atoms with Crippen LogP contribution in [0.5, 0.6) is 0 Å². The Labute approximate surface area is 55.6 Å². The summed E-state index contributed by atoms with van der Waals surface area (Å²) < 4.78 is 0. The van der Waals surface area contributed by atoms with Crippen LogP contribution in [0.2, 0.25) is 0 Å². The van der Waals surface area contributed by atoms with E-state index in [4.69, 9.17) is 5.73 Å². The fourth-order valence-electron chi connectivity index (χ4n) is 0.775. The zero-order chi connectivity index (χ0) is 6.69. The minimum atomic E-state index is 0.643. The first-order valence-corrected chi connectivity index (χ1v) is 3.08. The van der Waals surface area contributed by atoms with Crippen molar-refractivity contribution < 1.29 is 0 Å². The first-order chi connectivity index (χ1) is 4.33. The first kappa shape index (κ1) is 6.30. The van der Waals surface area contributed by atoms with Crippen LogP contribution in [-0.4, -0.2) is 6.54 Å². The lowest BCUT2D eigenvalue weighted by Gasteiger charge is -2.04. The minimum absolute atomic E-state index is 0.643. The number of nitrogens with two attached hydrogens (primary N) is 1. The molecule has 0 aromatic rings. The first-order valence-electron chi connectivity index (χ1n) is 3.08. The van der Waals surface area contributed by atoms with Crippen molar-refractivity contribution in [2.24, 2.45) is 5.73 Å². The molecule has 0 bridgehead atoms. The Kier molecular flexibility index (Phi) is 1.85. The van der Waals surface area contributed by atoms with E-state index in [1.54, 1.807) is 0 Å². The summed E-state index contributed by atoms with van der Waals surface area (Å²) in [5.41, 5.74) is 7.77. The van der Waals surface area contributed by atoms with E-state index in [1.165, 1.54) is 5.57 Å². The van der Waals surface area contributed by atoms with Gasteiger partial charge in [-0.25, -0.2) is 0 Å². The summed E-state index contributed by atoms with van der Waals surface area (Å²) in [6.07, 6.45) is 7.11. The van der Waals surface area contributed by atoms with Gasteiger partial charge < -0.3 is 5.73 Å². The summed E-state index contributed by atoms with van der Waals surface area (Å²) >= 11 is 0. The Morgan fingerprint density at radius 2 is 2.33 bits per heavy atom. The average molecular weight is 121 g/mol. The number of hydrogen-bond donors (Lipinski definition) is 1. The van der Waals surface area contributed by atoms with Crippen molar-refractivity contribution in [3.05, 3.63) is 36.0 Å². The molecule has 0 heterocycles. The van der Waals surface area contributed by atoms with E-state index in [2.05, 4.69) is 12.7 Å². The van der Waals surface area contributed by atoms with E-state index in [9.17, 15) is 0 Å². The molecule has 0 atom stereocenters. The summed E-state index contributed by atoms with van der Waals surface area (Å²) in [5.74, 6) is 0. The summed E-state index contributed by atoms with van der Waals surface area (Å²) in [6, 6.07) is 0. The van der Waals surface area contributed by atoms with E-state index in [0.29, 0.717) is 6.54 Å². The molecule has 0 unspecified atom stereocenters. The van der Waals surface area contributed by atoms with E-state index < -0.39 is 0 Å². The van der Waals surface area contributed by atoms with E-state index in [0.717, 1.165) is 12.0 Å². The second-order valence-electron chi connectivity index (χ2n) is 2.18. The Hall–Kier alpha value is -0.820. The van der Waals surface area contributed by atoms with Crippen LogP contribution in [0.1, 0.15) is 6.42 Å². The lowest BCUT2D eigenvalue weighted by Crippen LogP contribution is -2.02. The van der Waals surface area contributed by atoms with Crippen LogP contribution in [0, 0.1) is 0 Å². The van der Waals surface area contributed by atoms with E-state index in [-0.39, 0.29) is 0 Å². The molecule has 0 radical (unpaired) electrons. The van der Waals surface area contributed by atoms with Crippen molar-refractivity contribution in [1.82, 2.24) is 0 Å². The van der Waals surface area contributed by atoms with Crippen molar-refractivity contribution in [2.75, 3.05) is 6.54 Å². The Morgan fingerprint density at radius 1 is 1.56 bits per heavy atom. The molecule has 1 heteroatoms. The van der Waals surface area contributed by atoms with Gasteiger partial charge in [0.25, 0.3) is 0 Å². The third-order valence-corrected chi connectivity index (χ3v) is 1.40. The van der Waals surface area contributed by atoms with Crippen molar-refractivity contribution in [2.45, 2.75) is 6.42 Å². The molecule has 1 aliphatic carbocycles. The SMILES string of the molecule is C=C1C=CC(CN)=CC1. The lowest BCUT2D eigenvalue weighted by molar-refractivity contribution is 1.13. The van der Waals surface area contributed by atoms with Gasteiger partial charge in [-0.15, -0.1) is 0 Å². The topological polar surface area (TPSA) is 26.0 Å². The maximum absolute atomic E-state index is 5.40. The summed E-state index contributed by atoms with van der Waals surface area (Å²) in [6.45, 7) is 4.45. The molecule has 0 amide bonds. The molecule has 1 nitrogen and oxygen atoms in total. The van der Waals surface area contributed by atoms with Gasteiger partial charge in [0.15, 0.2) is 0 Å². The zero-order valence-corrected chi connectivity index (χ0v) is 5.43. The lowest BCUT2D eigenvalue weighted by atomic mass is 10.0. The number of allylic oxidation sites excluding steroid dienone is 3. The average Bonchev–Trinajstić information content (AvgIpc) is 1.90. The molecule has 48 valence electrons. The van der Waals surface area contributed by atoms with Crippen LogP contribution in [-0.2, 0) is 0 Å². The van der Waals surface area contributed by atoms with Gasteiger partial charge in [0, 0.05) is 6.54 Å². The molecule has 0 aromatic carbocycles. The molecule has 2 N–H and O–H groups in total. The summed E-state index contributed by atoms with van der Waals surface area (Å²) in [4.78, 5) is 0. The molecular weight excluding hydrogens is 110 g/mol. The van der Waals surface area contributed by atoms with Gasteiger partial charge in [0.05, 0.1) is 0 Å². The second kappa shape index (κ2) is 2.65. The van der Waals surface area contributed by atoms with Crippen molar-refractivity contribution in [1.29, 1.82) is 0 Å². The van der Waals surface area contributed by atoms with Crippen LogP contribution in [0.15, 0.2) is 36.0 Å². The number of hydrogen-bond acceptors (Lipinski definition) is 1. The predicted molar refractivity (Wildman–Crippen MR) is 40.0 cm³/mol. The van der Waals surface area contributed by atoms with Crippen LogP contribution < -0.4 is 5.73 Å². The molecule has 9 heavy (non-hydrogen) atoms. The van der Waals surface area contributed by atoms with E-state index >= 15 is 0 Å². The largest absolute Gasteiger partial charge is 0.327 e. The Bertz CT molecular complexity index is 175. The Morgan fingerprint density at radius 3 is 2.78 bits per heavy atom. The smallest absolute Gasteiger partial charge is 0.0175 e. The maximum atomic E-state index is 5.40. The molecule has 0 aromatic heterocycles. The van der Waals surface area contributed by atoms with Gasteiger partial charge >= 0.3 is 0 Å². The third kappa shape index (κ3) is 1.54. The minimum Gasteiger partial charge on any atom is -0.327 e. The molecule has 0 saturated heterocycles. The highest BCUT2D eigenvalue weighted by molar-refractivity contribution is 5.34. The highest BCUT2D eigenvalue weighted by atomic mass is 14.5. The van der Waals surface area contributed by atoms with E-state index in [1.807, 2.05) is 12.2 Å². The fraction of sp³-hybridized carbons (Fsp3) is 0.250. The van der Waals surface area contributed by atoms with Crippen LogP contribution in [0.4, 0.5) is 0 Å². The molecule has 0 spiro atoms. The molecule has 0 fully saturated rings. The maximum Gasteiger partial charge on any atom is 0.0175 e. The highest BCUT2D eigenvalue weighted by Crippen LogP contribution is 2.11. The Balaban J connectivity index is 2.63. The van der Waals surface area contributed by atoms with Gasteiger partial charge in [-0.05, 0) is 12.0 Å². The zero-order valence-electron chi connectivity index (χ0n) is 5.43. The molecular formula is C8H11N. The van der Waals surface area contributed by atoms with Crippen molar-refractivity contribution in [3.8, 4) is 0 Å². The molecule has 0 saturated carbocycles. The monoisotopic (exact) mass is 121 g/mol. The quantitative estimate of drug-likeness (QED) is 0.557. The van der Waals surface area contributed by atoms with Crippen molar-refractivity contribution in [3.63, 3.8) is 0 Å². The van der Waals surface area contributed by atoms with Gasteiger partial charge in [-0.2, -0.15) is 0 Å². The normalized spacial score (nSPS) is 17.9. The van der Waals surface area contributed by atoms with Gasteiger partial charge in [0.2, 0.25) is 0 Å². The van der Waals surface area contributed by atoms with Crippen LogP contribution in [0.25, 0.3) is 0 Å². The standard InChI is InChI=1S/C8H11N/c1-7-2-4-8(6-9)5-3-7/h2,4-5H,1,3,6,9H2. The number of rotatable bonds is 1. The molecule has 1 aliphatic rings. The highest BCUT2D eigenvalue weighted by Gasteiger charge is 1.95. The third-order valence-electron chi connectivity index (χ3n) is 1.40. The fourth-order valence-corrected chi connectivity index (χ4v) is 0.775.